The minimum atomic E-state index is -0.977. The van der Waals surface area contributed by atoms with Gasteiger partial charge in [-0.05, 0) is 39.7 Å². The molecule has 2 bridgehead atoms. The van der Waals surface area contributed by atoms with Crippen molar-refractivity contribution >= 4 is 0 Å². The zero-order chi connectivity index (χ0) is 14.3. The molecule has 0 spiro atoms. The molecular formula is C14H24N4O2. The number of hydrogen-bond donors (Lipinski definition) is 2. The van der Waals surface area contributed by atoms with E-state index in [2.05, 4.69) is 22.1 Å². The number of piperidine rings is 1. The molecule has 2 saturated heterocycles. The van der Waals surface area contributed by atoms with Crippen LogP contribution in [0.15, 0.2) is 4.52 Å². The summed E-state index contributed by atoms with van der Waals surface area (Å²) in [6.07, 6.45) is 5.10. The first-order valence-corrected chi connectivity index (χ1v) is 7.45. The summed E-state index contributed by atoms with van der Waals surface area (Å²) in [5, 5.41) is 14.1. The van der Waals surface area contributed by atoms with Crippen molar-refractivity contribution in [2.75, 3.05) is 13.6 Å². The van der Waals surface area contributed by atoms with E-state index < -0.39 is 5.60 Å². The van der Waals surface area contributed by atoms with Crippen LogP contribution in [0.25, 0.3) is 0 Å². The third-order valence-corrected chi connectivity index (χ3v) is 4.92. The van der Waals surface area contributed by atoms with Crippen LogP contribution in [-0.2, 0) is 6.42 Å². The Morgan fingerprint density at radius 1 is 1.40 bits per heavy atom. The SMILES string of the molecule is CN1C2CCC1CC(c1noc(CC(C)(O)CN)n1)C2. The highest BCUT2D eigenvalue weighted by molar-refractivity contribution is 5.06. The van der Waals surface area contributed by atoms with Crippen molar-refractivity contribution in [2.45, 2.75) is 62.6 Å². The number of hydrogen-bond acceptors (Lipinski definition) is 6. The van der Waals surface area contributed by atoms with Crippen LogP contribution in [0, 0.1) is 0 Å². The van der Waals surface area contributed by atoms with Crippen LogP contribution in [0.3, 0.4) is 0 Å². The Morgan fingerprint density at radius 3 is 2.65 bits per heavy atom. The van der Waals surface area contributed by atoms with Gasteiger partial charge >= 0.3 is 0 Å². The molecule has 0 aromatic carbocycles. The normalized spacial score (nSPS) is 33.3. The maximum atomic E-state index is 9.97. The zero-order valence-corrected chi connectivity index (χ0v) is 12.2. The quantitative estimate of drug-likeness (QED) is 0.842. The molecule has 6 heteroatoms. The lowest BCUT2D eigenvalue weighted by molar-refractivity contribution is 0.0610. The number of rotatable bonds is 4. The summed E-state index contributed by atoms with van der Waals surface area (Å²) >= 11 is 0. The maximum absolute atomic E-state index is 9.97. The Balaban J connectivity index is 1.69. The van der Waals surface area contributed by atoms with Gasteiger partial charge in [-0.15, -0.1) is 0 Å². The van der Waals surface area contributed by atoms with Gasteiger partial charge in [0.2, 0.25) is 5.89 Å². The highest BCUT2D eigenvalue weighted by atomic mass is 16.5. The van der Waals surface area contributed by atoms with E-state index in [4.69, 9.17) is 10.3 Å². The first kappa shape index (κ1) is 14.0. The fourth-order valence-corrected chi connectivity index (χ4v) is 3.53. The standard InChI is InChI=1S/C14H24N4O2/c1-14(19,8-15)7-12-16-13(17-20-12)9-5-10-3-4-11(6-9)18(10)2/h9-11,19H,3-8,15H2,1-2H3. The molecule has 2 aliphatic rings. The Kier molecular flexibility index (Phi) is 3.56. The van der Waals surface area contributed by atoms with Gasteiger partial charge in [0, 0.05) is 24.5 Å². The third kappa shape index (κ3) is 2.60. The first-order valence-electron chi connectivity index (χ1n) is 7.45. The van der Waals surface area contributed by atoms with Crippen LogP contribution < -0.4 is 5.73 Å². The molecular weight excluding hydrogens is 256 g/mol. The average molecular weight is 280 g/mol. The van der Waals surface area contributed by atoms with Gasteiger partial charge in [0.25, 0.3) is 0 Å². The van der Waals surface area contributed by atoms with Gasteiger partial charge in [-0.3, -0.25) is 0 Å². The predicted octanol–water partition coefficient (Wildman–Crippen LogP) is 0.662. The molecule has 0 amide bonds. The van der Waals surface area contributed by atoms with Crippen LogP contribution in [-0.4, -0.2) is 51.4 Å². The number of fused-ring (bicyclic) bond motifs is 2. The lowest BCUT2D eigenvalue weighted by Crippen LogP contribution is -2.39. The number of aromatic nitrogens is 2. The highest BCUT2D eigenvalue weighted by Gasteiger charge is 2.40. The van der Waals surface area contributed by atoms with Gasteiger partial charge in [-0.25, -0.2) is 0 Å². The molecule has 3 N–H and O–H groups in total. The van der Waals surface area contributed by atoms with E-state index in [1.807, 2.05) is 0 Å². The highest BCUT2D eigenvalue weighted by Crippen LogP contribution is 2.41. The molecule has 3 rings (SSSR count). The van der Waals surface area contributed by atoms with Gasteiger partial charge in [0.1, 0.15) is 0 Å². The van der Waals surface area contributed by atoms with Crippen molar-refractivity contribution in [3.63, 3.8) is 0 Å². The largest absolute Gasteiger partial charge is 0.388 e. The van der Waals surface area contributed by atoms with E-state index in [0.717, 1.165) is 18.7 Å². The molecule has 1 aromatic heterocycles. The second kappa shape index (κ2) is 5.09. The summed E-state index contributed by atoms with van der Waals surface area (Å²) < 4.78 is 5.28. The van der Waals surface area contributed by atoms with Gasteiger partial charge in [-0.2, -0.15) is 4.98 Å². The summed E-state index contributed by atoms with van der Waals surface area (Å²) in [5.41, 5.74) is 4.54. The van der Waals surface area contributed by atoms with Crippen LogP contribution in [0.4, 0.5) is 0 Å². The van der Waals surface area contributed by atoms with Crippen molar-refractivity contribution in [2.24, 2.45) is 5.73 Å². The molecule has 6 nitrogen and oxygen atoms in total. The van der Waals surface area contributed by atoms with Crippen LogP contribution in [0.5, 0.6) is 0 Å². The molecule has 0 saturated carbocycles. The van der Waals surface area contributed by atoms with E-state index in [-0.39, 0.29) is 6.54 Å². The van der Waals surface area contributed by atoms with E-state index in [0.29, 0.717) is 30.3 Å². The molecule has 20 heavy (non-hydrogen) atoms. The second-order valence-electron chi connectivity index (χ2n) is 6.64. The summed E-state index contributed by atoms with van der Waals surface area (Å²) in [7, 11) is 2.22. The second-order valence-corrected chi connectivity index (χ2v) is 6.64. The molecule has 3 heterocycles. The lowest BCUT2D eigenvalue weighted by atomic mass is 9.90. The molecule has 2 aliphatic heterocycles. The van der Waals surface area contributed by atoms with Crippen molar-refractivity contribution in [3.8, 4) is 0 Å². The average Bonchev–Trinajstić information content (AvgIpc) is 2.91. The van der Waals surface area contributed by atoms with Crippen LogP contribution in [0.1, 0.15) is 50.2 Å². The van der Waals surface area contributed by atoms with Gasteiger partial charge in [0.05, 0.1) is 12.0 Å². The summed E-state index contributed by atoms with van der Waals surface area (Å²) in [4.78, 5) is 6.97. The molecule has 3 atom stereocenters. The lowest BCUT2D eigenvalue weighted by Gasteiger charge is -2.34. The predicted molar refractivity (Wildman–Crippen MR) is 74.2 cm³/mol. The topological polar surface area (TPSA) is 88.4 Å². The Hall–Kier alpha value is -0.980. The van der Waals surface area contributed by atoms with Gasteiger partial charge < -0.3 is 20.3 Å². The maximum Gasteiger partial charge on any atom is 0.229 e. The molecule has 2 fully saturated rings. The van der Waals surface area contributed by atoms with Gasteiger partial charge in [0.15, 0.2) is 5.82 Å². The van der Waals surface area contributed by atoms with Crippen molar-refractivity contribution in [1.29, 1.82) is 0 Å². The molecule has 1 aromatic rings. The fourth-order valence-electron chi connectivity index (χ4n) is 3.53. The third-order valence-electron chi connectivity index (χ3n) is 4.92. The van der Waals surface area contributed by atoms with E-state index in [1.165, 1.54) is 12.8 Å². The Labute approximate surface area is 119 Å². The molecule has 112 valence electrons. The van der Waals surface area contributed by atoms with E-state index >= 15 is 0 Å². The van der Waals surface area contributed by atoms with Crippen LogP contribution in [0.2, 0.25) is 0 Å². The van der Waals surface area contributed by atoms with Crippen molar-refractivity contribution in [3.05, 3.63) is 11.7 Å². The number of nitrogens with zero attached hydrogens (tertiary/aromatic N) is 3. The molecule has 0 aliphatic carbocycles. The Morgan fingerprint density at radius 2 is 2.05 bits per heavy atom. The van der Waals surface area contributed by atoms with Gasteiger partial charge in [-0.1, -0.05) is 5.16 Å². The minimum absolute atomic E-state index is 0.184. The molecule has 0 radical (unpaired) electrons. The van der Waals surface area contributed by atoms with Crippen molar-refractivity contribution < 1.29 is 9.63 Å². The summed E-state index contributed by atoms with van der Waals surface area (Å²) in [5.74, 6) is 1.68. The van der Waals surface area contributed by atoms with Crippen molar-refractivity contribution in [1.82, 2.24) is 15.0 Å². The van der Waals surface area contributed by atoms with E-state index in [9.17, 15) is 5.11 Å². The first-order chi connectivity index (χ1) is 9.48. The minimum Gasteiger partial charge on any atom is -0.388 e. The number of nitrogens with two attached hydrogens (primary N) is 1. The summed E-state index contributed by atoms with van der Waals surface area (Å²) in [6, 6.07) is 1.32. The molecule has 3 unspecified atom stereocenters. The monoisotopic (exact) mass is 280 g/mol. The van der Waals surface area contributed by atoms with E-state index in [1.54, 1.807) is 6.92 Å². The fraction of sp³-hybridized carbons (Fsp3) is 0.857. The number of aliphatic hydroxyl groups is 1. The Bertz CT molecular complexity index is 459. The summed E-state index contributed by atoms with van der Waals surface area (Å²) in [6.45, 7) is 1.87. The zero-order valence-electron chi connectivity index (χ0n) is 12.2. The van der Waals surface area contributed by atoms with Crippen LogP contribution >= 0.6 is 0 Å². The smallest absolute Gasteiger partial charge is 0.229 e.